The predicted octanol–water partition coefficient (Wildman–Crippen LogP) is 2.23. The molecule has 2 aromatic rings. The van der Waals surface area contributed by atoms with Gasteiger partial charge in [-0.1, -0.05) is 0 Å². The molecule has 146 valence electrons. The first-order chi connectivity index (χ1) is 13.2. The number of hydrogen-bond acceptors (Lipinski definition) is 7. The summed E-state index contributed by atoms with van der Waals surface area (Å²) in [6, 6.07) is 7.95. The maximum absolute atomic E-state index is 5.48. The molecule has 3 rings (SSSR count). The van der Waals surface area contributed by atoms with Gasteiger partial charge >= 0.3 is 0 Å². The first kappa shape index (κ1) is 19.3. The number of aromatic nitrogens is 1. The lowest BCUT2D eigenvalue weighted by molar-refractivity contribution is 0.122. The van der Waals surface area contributed by atoms with E-state index in [0.29, 0.717) is 18.0 Å². The maximum atomic E-state index is 5.48. The SMILES string of the molecule is COc1cc(OC)c(OC)cc1CNCc1ccnc(N2CCOCC2)c1. The van der Waals surface area contributed by atoms with Crippen LogP contribution in [-0.2, 0) is 17.8 Å². The minimum absolute atomic E-state index is 0.652. The Balaban J connectivity index is 1.64. The van der Waals surface area contributed by atoms with Crippen molar-refractivity contribution in [3.05, 3.63) is 41.6 Å². The maximum Gasteiger partial charge on any atom is 0.164 e. The number of ether oxygens (including phenoxy) is 4. The number of benzene rings is 1. The van der Waals surface area contributed by atoms with Crippen molar-refractivity contribution in [1.29, 1.82) is 0 Å². The number of nitrogens with zero attached hydrogens (tertiary/aromatic N) is 2. The quantitative estimate of drug-likeness (QED) is 0.761. The lowest BCUT2D eigenvalue weighted by Crippen LogP contribution is -2.36. The van der Waals surface area contributed by atoms with Crippen molar-refractivity contribution < 1.29 is 18.9 Å². The van der Waals surface area contributed by atoms with Gasteiger partial charge in [-0.3, -0.25) is 0 Å². The monoisotopic (exact) mass is 373 g/mol. The van der Waals surface area contributed by atoms with Crippen molar-refractivity contribution in [2.24, 2.45) is 0 Å². The fourth-order valence-corrected chi connectivity index (χ4v) is 3.11. The average Bonchev–Trinajstić information content (AvgIpc) is 2.74. The van der Waals surface area contributed by atoms with Crippen LogP contribution in [0.1, 0.15) is 11.1 Å². The lowest BCUT2D eigenvalue weighted by atomic mass is 10.1. The van der Waals surface area contributed by atoms with E-state index < -0.39 is 0 Å². The third kappa shape index (κ3) is 4.81. The second-order valence-electron chi connectivity index (χ2n) is 6.24. The first-order valence-electron chi connectivity index (χ1n) is 9.02. The van der Waals surface area contributed by atoms with Crippen LogP contribution in [0.15, 0.2) is 30.5 Å². The second-order valence-corrected chi connectivity index (χ2v) is 6.24. The van der Waals surface area contributed by atoms with Gasteiger partial charge < -0.3 is 29.2 Å². The van der Waals surface area contributed by atoms with Crippen molar-refractivity contribution in [2.45, 2.75) is 13.1 Å². The largest absolute Gasteiger partial charge is 0.496 e. The molecule has 1 aliphatic heterocycles. The van der Waals surface area contributed by atoms with Crippen molar-refractivity contribution in [3.63, 3.8) is 0 Å². The van der Waals surface area contributed by atoms with Crippen LogP contribution < -0.4 is 24.4 Å². The van der Waals surface area contributed by atoms with Crippen molar-refractivity contribution in [1.82, 2.24) is 10.3 Å². The minimum atomic E-state index is 0.652. The van der Waals surface area contributed by atoms with Crippen LogP contribution in [0.4, 0.5) is 5.82 Å². The van der Waals surface area contributed by atoms with Gasteiger partial charge in [0.2, 0.25) is 0 Å². The first-order valence-corrected chi connectivity index (χ1v) is 9.02. The molecule has 0 aliphatic carbocycles. The van der Waals surface area contributed by atoms with Crippen LogP contribution in [0.25, 0.3) is 0 Å². The molecule has 1 saturated heterocycles. The van der Waals surface area contributed by atoms with Gasteiger partial charge in [0.1, 0.15) is 11.6 Å². The summed E-state index contributed by atoms with van der Waals surface area (Å²) < 4.78 is 21.6. The molecule has 7 nitrogen and oxygen atoms in total. The van der Waals surface area contributed by atoms with Gasteiger partial charge in [0, 0.05) is 44.0 Å². The summed E-state index contributed by atoms with van der Waals surface area (Å²) in [5, 5.41) is 3.46. The van der Waals surface area contributed by atoms with Gasteiger partial charge in [-0.05, 0) is 23.8 Å². The summed E-state index contributed by atoms with van der Waals surface area (Å²) in [6.07, 6.45) is 1.86. The molecule has 0 unspecified atom stereocenters. The van der Waals surface area contributed by atoms with Gasteiger partial charge in [0.15, 0.2) is 11.5 Å². The molecule has 0 amide bonds. The highest BCUT2D eigenvalue weighted by molar-refractivity contribution is 5.50. The van der Waals surface area contributed by atoms with Crippen molar-refractivity contribution in [3.8, 4) is 17.2 Å². The van der Waals surface area contributed by atoms with E-state index in [1.807, 2.05) is 24.4 Å². The lowest BCUT2D eigenvalue weighted by Gasteiger charge is -2.28. The zero-order valence-electron chi connectivity index (χ0n) is 16.2. The highest BCUT2D eigenvalue weighted by atomic mass is 16.5. The molecule has 0 saturated carbocycles. The Morgan fingerprint density at radius 3 is 2.37 bits per heavy atom. The van der Waals surface area contributed by atoms with E-state index in [-0.39, 0.29) is 0 Å². The molecule has 1 N–H and O–H groups in total. The molecule has 1 aliphatic rings. The highest BCUT2D eigenvalue weighted by Crippen LogP contribution is 2.34. The zero-order chi connectivity index (χ0) is 19.1. The van der Waals surface area contributed by atoms with Gasteiger partial charge in [-0.2, -0.15) is 0 Å². The molecular formula is C20H27N3O4. The van der Waals surface area contributed by atoms with Crippen LogP contribution >= 0.6 is 0 Å². The van der Waals surface area contributed by atoms with E-state index in [1.54, 1.807) is 21.3 Å². The summed E-state index contributed by atoms with van der Waals surface area (Å²) >= 11 is 0. The minimum Gasteiger partial charge on any atom is -0.496 e. The van der Waals surface area contributed by atoms with E-state index in [1.165, 1.54) is 5.56 Å². The molecule has 7 heteroatoms. The number of pyridine rings is 1. The van der Waals surface area contributed by atoms with E-state index in [2.05, 4.69) is 21.3 Å². The Hall–Kier alpha value is -2.51. The van der Waals surface area contributed by atoms with Crippen LogP contribution in [0, 0.1) is 0 Å². The molecule has 0 spiro atoms. The molecule has 1 aromatic heterocycles. The summed E-state index contributed by atoms with van der Waals surface area (Å²) in [7, 11) is 4.90. The smallest absolute Gasteiger partial charge is 0.164 e. The van der Waals surface area contributed by atoms with Gasteiger partial charge in [0.05, 0.1) is 34.5 Å². The summed E-state index contributed by atoms with van der Waals surface area (Å²) in [5.74, 6) is 3.11. The zero-order valence-corrected chi connectivity index (χ0v) is 16.2. The fourth-order valence-electron chi connectivity index (χ4n) is 3.11. The molecule has 0 bridgehead atoms. The molecule has 2 heterocycles. The standard InChI is InChI=1S/C20H27N3O4/c1-24-17-12-19(26-3)18(25-2)11-16(17)14-21-13-15-4-5-22-20(10-15)23-6-8-27-9-7-23/h4-5,10-12,21H,6-9,13-14H2,1-3H3. The number of morpholine rings is 1. The van der Waals surface area contributed by atoms with E-state index in [9.17, 15) is 0 Å². The number of rotatable bonds is 8. The second kappa shape index (κ2) is 9.43. The Kier molecular flexibility index (Phi) is 6.73. The number of nitrogens with one attached hydrogen (secondary N) is 1. The highest BCUT2D eigenvalue weighted by Gasteiger charge is 2.13. The molecule has 1 aromatic carbocycles. The summed E-state index contributed by atoms with van der Waals surface area (Å²) in [4.78, 5) is 6.74. The predicted molar refractivity (Wildman–Crippen MR) is 104 cm³/mol. The molecule has 0 atom stereocenters. The molecule has 0 radical (unpaired) electrons. The molecule has 1 fully saturated rings. The Bertz CT molecular complexity index is 748. The third-order valence-electron chi connectivity index (χ3n) is 4.58. The summed E-state index contributed by atoms with van der Waals surface area (Å²) in [5.41, 5.74) is 2.20. The average molecular weight is 373 g/mol. The fraction of sp³-hybridized carbons (Fsp3) is 0.450. The van der Waals surface area contributed by atoms with Gasteiger partial charge in [-0.25, -0.2) is 4.98 Å². The number of methoxy groups -OCH3 is 3. The molecular weight excluding hydrogens is 346 g/mol. The van der Waals surface area contributed by atoms with Crippen LogP contribution in [0.2, 0.25) is 0 Å². The Morgan fingerprint density at radius 1 is 0.963 bits per heavy atom. The van der Waals surface area contributed by atoms with Crippen LogP contribution in [0.5, 0.6) is 17.2 Å². The van der Waals surface area contributed by atoms with Crippen LogP contribution in [-0.4, -0.2) is 52.6 Å². The normalized spacial score (nSPS) is 14.1. The van der Waals surface area contributed by atoms with E-state index in [4.69, 9.17) is 18.9 Å². The Morgan fingerprint density at radius 2 is 1.67 bits per heavy atom. The molecule has 27 heavy (non-hydrogen) atoms. The Labute approximate surface area is 160 Å². The van der Waals surface area contributed by atoms with E-state index >= 15 is 0 Å². The van der Waals surface area contributed by atoms with Crippen molar-refractivity contribution in [2.75, 3.05) is 52.5 Å². The van der Waals surface area contributed by atoms with Crippen LogP contribution in [0.3, 0.4) is 0 Å². The topological polar surface area (TPSA) is 65.1 Å². The summed E-state index contributed by atoms with van der Waals surface area (Å²) in [6.45, 7) is 4.65. The third-order valence-corrected chi connectivity index (χ3v) is 4.58. The van der Waals surface area contributed by atoms with Gasteiger partial charge in [-0.15, -0.1) is 0 Å². The number of hydrogen-bond donors (Lipinski definition) is 1. The van der Waals surface area contributed by atoms with E-state index in [0.717, 1.165) is 50.0 Å². The van der Waals surface area contributed by atoms with Crippen molar-refractivity contribution >= 4 is 5.82 Å². The number of anilines is 1. The van der Waals surface area contributed by atoms with Gasteiger partial charge in [0.25, 0.3) is 0 Å².